The number of halogens is 1. The van der Waals surface area contributed by atoms with Crippen molar-refractivity contribution in [2.75, 3.05) is 24.0 Å². The number of sulfonamides is 1. The lowest BCUT2D eigenvalue weighted by atomic mass is 10.1. The number of rotatable bonds is 13. The van der Waals surface area contributed by atoms with E-state index in [0.717, 1.165) is 10.7 Å². The van der Waals surface area contributed by atoms with Crippen molar-refractivity contribution in [3.8, 4) is 5.75 Å². The Morgan fingerprint density at radius 3 is 2.33 bits per heavy atom. The van der Waals surface area contributed by atoms with E-state index in [0.29, 0.717) is 29.5 Å². The smallest absolute Gasteiger partial charge is 0.264 e. The number of para-hydroxylation sites is 2. The first-order chi connectivity index (χ1) is 18.7. The van der Waals surface area contributed by atoms with Gasteiger partial charge in [-0.3, -0.25) is 13.9 Å². The second kappa shape index (κ2) is 14.0. The fourth-order valence-electron chi connectivity index (χ4n) is 3.98. The van der Waals surface area contributed by atoms with Crippen LogP contribution in [0.15, 0.2) is 83.8 Å². The van der Waals surface area contributed by atoms with Crippen molar-refractivity contribution in [3.05, 3.63) is 89.4 Å². The molecule has 8 nitrogen and oxygen atoms in total. The summed E-state index contributed by atoms with van der Waals surface area (Å²) in [5, 5.41) is 3.31. The highest BCUT2D eigenvalue weighted by molar-refractivity contribution is 7.92. The number of carbonyl (C=O) groups is 2. The maximum atomic E-state index is 13.9. The van der Waals surface area contributed by atoms with Gasteiger partial charge in [-0.15, -0.1) is 0 Å². The lowest BCUT2D eigenvalue weighted by Gasteiger charge is -2.32. The molecule has 3 rings (SSSR count). The van der Waals surface area contributed by atoms with Gasteiger partial charge in [0.05, 0.1) is 17.2 Å². The van der Waals surface area contributed by atoms with Gasteiger partial charge in [-0.2, -0.15) is 0 Å². The van der Waals surface area contributed by atoms with Gasteiger partial charge in [-0.05, 0) is 62.2 Å². The highest BCUT2D eigenvalue weighted by atomic mass is 35.5. The van der Waals surface area contributed by atoms with E-state index in [-0.39, 0.29) is 23.0 Å². The van der Waals surface area contributed by atoms with Crippen molar-refractivity contribution in [1.82, 2.24) is 10.2 Å². The van der Waals surface area contributed by atoms with Gasteiger partial charge in [0.2, 0.25) is 11.8 Å². The van der Waals surface area contributed by atoms with E-state index in [4.69, 9.17) is 16.3 Å². The average molecular weight is 572 g/mol. The number of hydrogen-bond donors (Lipinski definition) is 1. The number of amides is 2. The molecule has 1 N–H and O–H groups in total. The standard InChI is InChI=1S/C29H34ClN3O5S/c1-4-18-31-29(35)22(3)32(20-23-12-11-13-24(30)19-23)28(34)21-33(26-16-9-10-17-27(26)38-5-2)39(36,37)25-14-7-6-8-15-25/h6-17,19,22H,4-5,18,20-21H2,1-3H3,(H,31,35)/t22-/m1/s1. The first kappa shape index (κ1) is 30.0. The first-order valence-electron chi connectivity index (χ1n) is 12.8. The van der Waals surface area contributed by atoms with Crippen LogP contribution in [0.4, 0.5) is 5.69 Å². The van der Waals surface area contributed by atoms with Gasteiger partial charge >= 0.3 is 0 Å². The molecular weight excluding hydrogens is 538 g/mol. The monoisotopic (exact) mass is 571 g/mol. The number of nitrogens with one attached hydrogen (secondary N) is 1. The molecule has 1 atom stereocenters. The Hall–Kier alpha value is -3.56. The summed E-state index contributed by atoms with van der Waals surface area (Å²) < 4.78 is 34.6. The molecule has 0 aliphatic carbocycles. The molecule has 208 valence electrons. The Kier molecular flexibility index (Phi) is 10.8. The van der Waals surface area contributed by atoms with Crippen LogP contribution in [0.5, 0.6) is 5.75 Å². The van der Waals surface area contributed by atoms with E-state index in [1.54, 1.807) is 80.6 Å². The van der Waals surface area contributed by atoms with Gasteiger partial charge in [0, 0.05) is 18.1 Å². The quantitative estimate of drug-likeness (QED) is 0.315. The predicted octanol–water partition coefficient (Wildman–Crippen LogP) is 4.88. The van der Waals surface area contributed by atoms with Gasteiger partial charge in [0.15, 0.2) is 0 Å². The summed E-state index contributed by atoms with van der Waals surface area (Å²) in [6, 6.07) is 20.7. The second-order valence-corrected chi connectivity index (χ2v) is 11.1. The third-order valence-corrected chi connectivity index (χ3v) is 8.01. The van der Waals surface area contributed by atoms with E-state index in [2.05, 4.69) is 5.32 Å². The topological polar surface area (TPSA) is 96.0 Å². The van der Waals surface area contributed by atoms with E-state index in [1.165, 1.54) is 17.0 Å². The van der Waals surface area contributed by atoms with Crippen LogP contribution >= 0.6 is 11.6 Å². The molecule has 0 radical (unpaired) electrons. The van der Waals surface area contributed by atoms with Crippen molar-refractivity contribution in [2.45, 2.75) is 44.7 Å². The maximum Gasteiger partial charge on any atom is 0.264 e. The Morgan fingerprint density at radius 2 is 1.67 bits per heavy atom. The van der Waals surface area contributed by atoms with Crippen LogP contribution in [0.3, 0.4) is 0 Å². The minimum absolute atomic E-state index is 0.0271. The molecule has 0 fully saturated rings. The maximum absolute atomic E-state index is 13.9. The molecule has 0 aliphatic heterocycles. The minimum atomic E-state index is -4.18. The van der Waals surface area contributed by atoms with E-state index < -0.39 is 28.5 Å². The van der Waals surface area contributed by atoms with Gasteiger partial charge in [0.25, 0.3) is 10.0 Å². The Morgan fingerprint density at radius 1 is 0.974 bits per heavy atom. The molecule has 2 amide bonds. The lowest BCUT2D eigenvalue weighted by Crippen LogP contribution is -2.51. The van der Waals surface area contributed by atoms with E-state index >= 15 is 0 Å². The SMILES string of the molecule is CCCNC(=O)[C@@H](C)N(Cc1cccc(Cl)c1)C(=O)CN(c1ccccc1OCC)S(=O)(=O)c1ccccc1. The van der Waals surface area contributed by atoms with Crippen molar-refractivity contribution >= 4 is 39.1 Å². The zero-order valence-corrected chi connectivity index (χ0v) is 23.9. The fraction of sp³-hybridized carbons (Fsp3) is 0.310. The summed E-state index contributed by atoms with van der Waals surface area (Å²) in [5.41, 5.74) is 0.931. The largest absolute Gasteiger partial charge is 0.492 e. The van der Waals surface area contributed by atoms with Crippen molar-refractivity contribution in [1.29, 1.82) is 0 Å². The number of benzene rings is 3. The third kappa shape index (κ3) is 7.74. The number of ether oxygens (including phenoxy) is 1. The minimum Gasteiger partial charge on any atom is -0.492 e. The van der Waals surface area contributed by atoms with Crippen molar-refractivity contribution in [2.24, 2.45) is 0 Å². The molecule has 0 saturated heterocycles. The second-order valence-electron chi connectivity index (χ2n) is 8.84. The average Bonchev–Trinajstić information content (AvgIpc) is 2.94. The zero-order chi connectivity index (χ0) is 28.4. The van der Waals surface area contributed by atoms with Crippen LogP contribution in [0.1, 0.15) is 32.8 Å². The summed E-state index contributed by atoms with van der Waals surface area (Å²) in [5.74, 6) is -0.568. The number of hydrogen-bond acceptors (Lipinski definition) is 5. The van der Waals surface area contributed by atoms with Gasteiger partial charge in [-0.1, -0.05) is 61.0 Å². The molecule has 0 saturated carbocycles. The Balaban J connectivity index is 2.06. The number of carbonyl (C=O) groups excluding carboxylic acids is 2. The molecule has 3 aromatic carbocycles. The molecule has 39 heavy (non-hydrogen) atoms. The molecule has 0 spiro atoms. The molecule has 3 aromatic rings. The molecule has 0 bridgehead atoms. The Bertz CT molecular complexity index is 1370. The zero-order valence-electron chi connectivity index (χ0n) is 22.3. The van der Waals surface area contributed by atoms with Crippen LogP contribution in [-0.2, 0) is 26.2 Å². The van der Waals surface area contributed by atoms with Crippen LogP contribution in [0.25, 0.3) is 0 Å². The third-order valence-electron chi connectivity index (χ3n) is 6.00. The van der Waals surface area contributed by atoms with E-state index in [9.17, 15) is 18.0 Å². The summed E-state index contributed by atoms with van der Waals surface area (Å²) >= 11 is 6.17. The Labute approximate surface area is 235 Å². The van der Waals surface area contributed by atoms with Crippen molar-refractivity contribution < 1.29 is 22.7 Å². The van der Waals surface area contributed by atoms with Crippen LogP contribution in [0.2, 0.25) is 5.02 Å². The van der Waals surface area contributed by atoms with Crippen molar-refractivity contribution in [3.63, 3.8) is 0 Å². The molecule has 0 unspecified atom stereocenters. The van der Waals surface area contributed by atoms with E-state index in [1.807, 2.05) is 6.92 Å². The normalized spacial score (nSPS) is 11.9. The molecular formula is C29H34ClN3O5S. The summed E-state index contributed by atoms with van der Waals surface area (Å²) in [6.07, 6.45) is 0.734. The lowest BCUT2D eigenvalue weighted by molar-refractivity contribution is -0.139. The van der Waals surface area contributed by atoms with Gasteiger partial charge in [0.1, 0.15) is 18.3 Å². The number of nitrogens with zero attached hydrogens (tertiary/aromatic N) is 2. The summed E-state index contributed by atoms with van der Waals surface area (Å²) in [6.45, 7) is 5.62. The molecule has 0 aromatic heterocycles. The molecule has 10 heteroatoms. The van der Waals surface area contributed by atoms with Crippen LogP contribution in [0, 0.1) is 0 Å². The van der Waals surface area contributed by atoms with Gasteiger partial charge < -0.3 is 15.0 Å². The van der Waals surface area contributed by atoms with Crippen LogP contribution < -0.4 is 14.4 Å². The summed E-state index contributed by atoms with van der Waals surface area (Å²) in [4.78, 5) is 28.3. The fourth-order valence-corrected chi connectivity index (χ4v) is 5.64. The van der Waals surface area contributed by atoms with Gasteiger partial charge in [-0.25, -0.2) is 8.42 Å². The highest BCUT2D eigenvalue weighted by Gasteiger charge is 2.33. The predicted molar refractivity (Wildman–Crippen MR) is 153 cm³/mol. The summed E-state index contributed by atoms with van der Waals surface area (Å²) in [7, 11) is -4.18. The molecule has 0 aliphatic rings. The van der Waals surface area contributed by atoms with Crippen LogP contribution in [-0.4, -0.2) is 50.9 Å². The first-order valence-corrected chi connectivity index (χ1v) is 14.6. The highest BCUT2D eigenvalue weighted by Crippen LogP contribution is 2.33. The number of anilines is 1. The molecule has 0 heterocycles.